The van der Waals surface area contributed by atoms with Crippen LogP contribution in [0.2, 0.25) is 0 Å². The van der Waals surface area contributed by atoms with Crippen LogP contribution in [0.4, 0.5) is 0 Å². The zero-order valence-corrected chi connectivity index (χ0v) is 11.2. The van der Waals surface area contributed by atoms with Crippen LogP contribution in [-0.2, 0) is 4.79 Å². The molecule has 0 N–H and O–H groups in total. The first-order valence-electron chi connectivity index (χ1n) is 6.62. The lowest BCUT2D eigenvalue weighted by molar-refractivity contribution is -0.130. The Hall–Kier alpha value is -1.86. The van der Waals surface area contributed by atoms with Crippen LogP contribution in [0.1, 0.15) is 24.4 Å². The number of amides is 1. The van der Waals surface area contributed by atoms with Crippen molar-refractivity contribution in [3.63, 3.8) is 0 Å². The lowest BCUT2D eigenvalue weighted by Crippen LogP contribution is -2.36. The van der Waals surface area contributed by atoms with E-state index in [9.17, 15) is 4.79 Å². The van der Waals surface area contributed by atoms with Crippen LogP contribution in [-0.4, -0.2) is 42.4 Å². The van der Waals surface area contributed by atoms with Crippen molar-refractivity contribution in [3.05, 3.63) is 35.9 Å². The van der Waals surface area contributed by atoms with E-state index in [0.29, 0.717) is 13.0 Å². The summed E-state index contributed by atoms with van der Waals surface area (Å²) in [7, 11) is 1.84. The molecular weight excluding hydrogens is 238 g/mol. The molecule has 1 aromatic carbocycles. The van der Waals surface area contributed by atoms with E-state index in [4.69, 9.17) is 5.26 Å². The maximum atomic E-state index is 12.0. The highest BCUT2D eigenvalue weighted by Gasteiger charge is 2.26. The first-order valence-corrected chi connectivity index (χ1v) is 6.62. The van der Waals surface area contributed by atoms with Gasteiger partial charge in [-0.05, 0) is 12.0 Å². The quantitative estimate of drug-likeness (QED) is 0.829. The minimum Gasteiger partial charge on any atom is -0.345 e. The second kappa shape index (κ2) is 6.35. The number of likely N-dealkylation sites (N-methyl/N-ethyl adjacent to an activating group) is 1. The number of hydrogen-bond donors (Lipinski definition) is 0. The van der Waals surface area contributed by atoms with E-state index < -0.39 is 0 Å². The Morgan fingerprint density at radius 2 is 2.05 bits per heavy atom. The molecule has 1 heterocycles. The maximum Gasteiger partial charge on any atom is 0.236 e. The summed E-state index contributed by atoms with van der Waals surface area (Å²) in [6.45, 7) is 2.05. The molecule has 1 aliphatic rings. The first kappa shape index (κ1) is 13.6. The second-order valence-corrected chi connectivity index (χ2v) is 4.93. The fourth-order valence-corrected chi connectivity index (χ4v) is 2.49. The molecule has 1 saturated heterocycles. The van der Waals surface area contributed by atoms with Crippen molar-refractivity contribution < 1.29 is 4.79 Å². The van der Waals surface area contributed by atoms with Gasteiger partial charge in [0.1, 0.15) is 0 Å². The predicted molar refractivity (Wildman–Crippen MR) is 73.2 cm³/mol. The standard InChI is InChI=1S/C15H19N3O/c1-17-10-5-11-18(12-15(17)19)14(8-9-16)13-6-3-2-4-7-13/h2-4,6-7,14H,5,8,10-12H2,1H3. The average molecular weight is 257 g/mol. The lowest BCUT2D eigenvalue weighted by atomic mass is 10.0. The minimum atomic E-state index is 0.0154. The molecule has 0 radical (unpaired) electrons. The van der Waals surface area contributed by atoms with Crippen molar-refractivity contribution in [1.82, 2.24) is 9.80 Å². The monoisotopic (exact) mass is 257 g/mol. The fourth-order valence-electron chi connectivity index (χ4n) is 2.49. The van der Waals surface area contributed by atoms with E-state index in [1.54, 1.807) is 4.90 Å². The van der Waals surface area contributed by atoms with Gasteiger partial charge in [0.25, 0.3) is 0 Å². The third-order valence-electron chi connectivity index (χ3n) is 3.61. The second-order valence-electron chi connectivity index (χ2n) is 4.93. The summed E-state index contributed by atoms with van der Waals surface area (Å²) >= 11 is 0. The molecule has 1 aromatic rings. The topological polar surface area (TPSA) is 47.3 Å². The van der Waals surface area contributed by atoms with E-state index in [2.05, 4.69) is 11.0 Å². The molecule has 1 atom stereocenters. The highest BCUT2D eigenvalue weighted by molar-refractivity contribution is 5.78. The molecule has 1 unspecified atom stereocenters. The summed E-state index contributed by atoms with van der Waals surface area (Å²) < 4.78 is 0. The Bertz CT molecular complexity index is 466. The molecule has 1 aliphatic heterocycles. The van der Waals surface area contributed by atoms with Gasteiger partial charge in [-0.15, -0.1) is 0 Å². The van der Waals surface area contributed by atoms with Crippen molar-refractivity contribution in [1.29, 1.82) is 5.26 Å². The van der Waals surface area contributed by atoms with Crippen LogP contribution >= 0.6 is 0 Å². The average Bonchev–Trinajstić information content (AvgIpc) is 2.59. The molecule has 1 amide bonds. The number of benzene rings is 1. The van der Waals surface area contributed by atoms with Crippen LogP contribution in [0.15, 0.2) is 30.3 Å². The van der Waals surface area contributed by atoms with Crippen molar-refractivity contribution in [2.45, 2.75) is 18.9 Å². The largest absolute Gasteiger partial charge is 0.345 e. The van der Waals surface area contributed by atoms with Gasteiger partial charge >= 0.3 is 0 Å². The highest BCUT2D eigenvalue weighted by Crippen LogP contribution is 2.25. The third kappa shape index (κ3) is 3.33. The summed E-state index contributed by atoms with van der Waals surface area (Å²) in [5.41, 5.74) is 1.11. The zero-order chi connectivity index (χ0) is 13.7. The lowest BCUT2D eigenvalue weighted by Gasteiger charge is -2.28. The molecule has 4 nitrogen and oxygen atoms in total. The highest BCUT2D eigenvalue weighted by atomic mass is 16.2. The van der Waals surface area contributed by atoms with Gasteiger partial charge in [-0.1, -0.05) is 30.3 Å². The number of nitrogens with zero attached hydrogens (tertiary/aromatic N) is 3. The van der Waals surface area contributed by atoms with Crippen LogP contribution in [0.25, 0.3) is 0 Å². The smallest absolute Gasteiger partial charge is 0.236 e. The van der Waals surface area contributed by atoms with Crippen LogP contribution in [0.3, 0.4) is 0 Å². The molecule has 0 aliphatic carbocycles. The molecular formula is C15H19N3O. The van der Waals surface area contributed by atoms with E-state index >= 15 is 0 Å². The first-order chi connectivity index (χ1) is 9.22. The van der Waals surface area contributed by atoms with Crippen LogP contribution < -0.4 is 0 Å². The van der Waals surface area contributed by atoms with Crippen molar-refractivity contribution in [2.75, 3.05) is 26.7 Å². The molecule has 0 aromatic heterocycles. The van der Waals surface area contributed by atoms with Gasteiger partial charge in [0.2, 0.25) is 5.91 Å². The van der Waals surface area contributed by atoms with Crippen molar-refractivity contribution in [3.8, 4) is 6.07 Å². The van der Waals surface area contributed by atoms with Crippen LogP contribution in [0, 0.1) is 11.3 Å². The minimum absolute atomic E-state index is 0.0154. The molecule has 2 rings (SSSR count). The van der Waals surface area contributed by atoms with E-state index in [0.717, 1.165) is 25.1 Å². The Morgan fingerprint density at radius 3 is 2.74 bits per heavy atom. The summed E-state index contributed by atoms with van der Waals surface area (Å²) in [4.78, 5) is 15.9. The van der Waals surface area contributed by atoms with E-state index in [1.165, 1.54) is 0 Å². The Kier molecular flexibility index (Phi) is 4.53. The Labute approximate surface area is 114 Å². The van der Waals surface area contributed by atoms with Gasteiger partial charge in [-0.25, -0.2) is 0 Å². The maximum absolute atomic E-state index is 12.0. The summed E-state index contributed by atoms with van der Waals surface area (Å²) in [6, 6.07) is 12.2. The number of nitriles is 1. The molecule has 0 saturated carbocycles. The van der Waals surface area contributed by atoms with Crippen molar-refractivity contribution >= 4 is 5.91 Å². The van der Waals surface area contributed by atoms with Gasteiger partial charge in [0.05, 0.1) is 19.0 Å². The summed E-state index contributed by atoms with van der Waals surface area (Å²) in [5.74, 6) is 0.136. The number of carbonyl (C=O) groups excluding carboxylic acids is 1. The van der Waals surface area contributed by atoms with Gasteiger partial charge in [0.15, 0.2) is 0 Å². The normalized spacial score (nSPS) is 18.7. The molecule has 19 heavy (non-hydrogen) atoms. The Balaban J connectivity index is 2.19. The van der Waals surface area contributed by atoms with Gasteiger partial charge in [-0.2, -0.15) is 5.26 Å². The molecule has 1 fully saturated rings. The molecule has 100 valence electrons. The fraction of sp³-hybridized carbons (Fsp3) is 0.467. The van der Waals surface area contributed by atoms with Gasteiger partial charge in [-0.3, -0.25) is 9.69 Å². The number of carbonyl (C=O) groups is 1. The Morgan fingerprint density at radius 1 is 1.32 bits per heavy atom. The van der Waals surface area contributed by atoms with Crippen molar-refractivity contribution in [2.24, 2.45) is 0 Å². The number of hydrogen-bond acceptors (Lipinski definition) is 3. The predicted octanol–water partition coefficient (Wildman–Crippen LogP) is 1.81. The zero-order valence-electron chi connectivity index (χ0n) is 11.2. The summed E-state index contributed by atoms with van der Waals surface area (Å²) in [6.07, 6.45) is 1.37. The molecule has 0 bridgehead atoms. The van der Waals surface area contributed by atoms with Crippen LogP contribution in [0.5, 0.6) is 0 Å². The van der Waals surface area contributed by atoms with Gasteiger partial charge < -0.3 is 4.90 Å². The third-order valence-corrected chi connectivity index (χ3v) is 3.61. The SMILES string of the molecule is CN1CCCN(C(CC#N)c2ccccc2)CC1=O. The van der Waals surface area contributed by atoms with E-state index in [1.807, 2.05) is 37.4 Å². The van der Waals surface area contributed by atoms with Gasteiger partial charge in [0, 0.05) is 26.2 Å². The van der Waals surface area contributed by atoms with E-state index in [-0.39, 0.29) is 11.9 Å². The molecule has 4 heteroatoms. The summed E-state index contributed by atoms with van der Waals surface area (Å²) in [5, 5.41) is 9.04. The number of rotatable bonds is 3. The molecule has 0 spiro atoms.